The van der Waals surface area contributed by atoms with Crippen molar-refractivity contribution < 1.29 is 18.8 Å². The normalized spacial score (nSPS) is 23.2. The molecule has 2 fully saturated rings. The number of hydrogen-bond acceptors (Lipinski definition) is 4. The van der Waals surface area contributed by atoms with Gasteiger partial charge in [-0.1, -0.05) is 42.5 Å². The molecule has 0 bridgehead atoms. The fourth-order valence-corrected chi connectivity index (χ4v) is 4.23. The minimum absolute atomic E-state index is 0.316. The molecule has 5 rings (SSSR count). The molecule has 2 aliphatic rings. The molecule has 30 heavy (non-hydrogen) atoms. The highest BCUT2D eigenvalue weighted by Gasteiger charge is 2.60. The van der Waals surface area contributed by atoms with E-state index in [1.165, 1.54) is 17.0 Å². The number of anilines is 2. The number of carbonyl (C=O) groups excluding carboxylic acids is 2. The number of amides is 2. The molecule has 2 aliphatic heterocycles. The van der Waals surface area contributed by atoms with Crippen molar-refractivity contribution in [2.75, 3.05) is 9.96 Å². The number of hydrogen-bond donors (Lipinski definition) is 0. The fraction of sp³-hybridized carbons (Fsp3) is 0.167. The summed E-state index contributed by atoms with van der Waals surface area (Å²) in [4.78, 5) is 33.9. The maximum Gasteiger partial charge on any atom is 0.266 e. The molecule has 3 atom stereocenters. The van der Waals surface area contributed by atoms with Gasteiger partial charge in [-0.25, -0.2) is 14.4 Å². The number of benzene rings is 3. The molecule has 2 amide bonds. The van der Waals surface area contributed by atoms with Crippen LogP contribution in [0.3, 0.4) is 0 Å². The van der Waals surface area contributed by atoms with E-state index in [0.717, 1.165) is 11.3 Å². The van der Waals surface area contributed by atoms with Crippen molar-refractivity contribution in [1.82, 2.24) is 0 Å². The van der Waals surface area contributed by atoms with Crippen LogP contribution in [-0.4, -0.2) is 17.9 Å². The van der Waals surface area contributed by atoms with Gasteiger partial charge in [0.1, 0.15) is 11.7 Å². The largest absolute Gasteiger partial charge is 0.273 e. The molecule has 3 aromatic carbocycles. The second-order valence-electron chi connectivity index (χ2n) is 7.56. The summed E-state index contributed by atoms with van der Waals surface area (Å²) in [6, 6.07) is 22.0. The summed E-state index contributed by atoms with van der Waals surface area (Å²) >= 11 is 0. The molecule has 5 nitrogen and oxygen atoms in total. The minimum atomic E-state index is -0.937. The van der Waals surface area contributed by atoms with E-state index in [0.29, 0.717) is 11.3 Å². The van der Waals surface area contributed by atoms with Crippen molar-refractivity contribution >= 4 is 23.2 Å². The fourth-order valence-electron chi connectivity index (χ4n) is 4.23. The maximum absolute atomic E-state index is 13.5. The van der Waals surface area contributed by atoms with Crippen LogP contribution in [0.2, 0.25) is 0 Å². The average molecular weight is 402 g/mol. The highest BCUT2D eigenvalue weighted by atomic mass is 19.1. The van der Waals surface area contributed by atoms with Crippen molar-refractivity contribution in [2.45, 2.75) is 19.1 Å². The van der Waals surface area contributed by atoms with Gasteiger partial charge in [-0.05, 0) is 54.4 Å². The number of carbonyl (C=O) groups is 2. The van der Waals surface area contributed by atoms with E-state index in [2.05, 4.69) is 0 Å². The number of imide groups is 1. The molecule has 2 saturated heterocycles. The number of fused-ring (bicyclic) bond motifs is 1. The van der Waals surface area contributed by atoms with Crippen molar-refractivity contribution in [3.05, 3.63) is 95.8 Å². The Hall–Kier alpha value is -3.51. The van der Waals surface area contributed by atoms with Crippen LogP contribution in [0.25, 0.3) is 0 Å². The highest BCUT2D eigenvalue weighted by Crippen LogP contribution is 2.47. The van der Waals surface area contributed by atoms with Gasteiger partial charge in [0.15, 0.2) is 6.10 Å². The number of para-hydroxylation sites is 1. The third-order valence-electron chi connectivity index (χ3n) is 5.60. The second kappa shape index (κ2) is 7.07. The molecular formula is C24H19FN2O3. The number of rotatable bonds is 3. The molecule has 0 saturated carbocycles. The van der Waals surface area contributed by atoms with Crippen LogP contribution in [-0.2, 0) is 14.4 Å². The number of halogens is 1. The molecule has 2 heterocycles. The third-order valence-corrected chi connectivity index (χ3v) is 5.60. The van der Waals surface area contributed by atoms with Crippen molar-refractivity contribution in [3.63, 3.8) is 0 Å². The van der Waals surface area contributed by atoms with E-state index in [-0.39, 0.29) is 17.6 Å². The minimum Gasteiger partial charge on any atom is -0.273 e. The van der Waals surface area contributed by atoms with Crippen LogP contribution in [0.5, 0.6) is 0 Å². The zero-order valence-corrected chi connectivity index (χ0v) is 16.2. The van der Waals surface area contributed by atoms with Crippen molar-refractivity contribution in [3.8, 4) is 0 Å². The molecule has 0 unspecified atom stereocenters. The Morgan fingerprint density at radius 3 is 2.23 bits per heavy atom. The summed E-state index contributed by atoms with van der Waals surface area (Å²) < 4.78 is 13.5. The van der Waals surface area contributed by atoms with Crippen molar-refractivity contribution in [2.24, 2.45) is 5.92 Å². The summed E-state index contributed by atoms with van der Waals surface area (Å²) in [5.74, 6) is -1.80. The summed E-state index contributed by atoms with van der Waals surface area (Å²) in [5.41, 5.74) is 2.92. The highest BCUT2D eigenvalue weighted by molar-refractivity contribution is 6.23. The van der Waals surface area contributed by atoms with Crippen LogP contribution < -0.4 is 9.96 Å². The zero-order valence-electron chi connectivity index (χ0n) is 16.2. The van der Waals surface area contributed by atoms with Crippen LogP contribution in [0, 0.1) is 18.7 Å². The Morgan fingerprint density at radius 2 is 1.53 bits per heavy atom. The lowest BCUT2D eigenvalue weighted by Crippen LogP contribution is -2.37. The quantitative estimate of drug-likeness (QED) is 0.617. The van der Waals surface area contributed by atoms with E-state index in [1.807, 2.05) is 49.4 Å². The van der Waals surface area contributed by atoms with Gasteiger partial charge in [0.25, 0.3) is 5.91 Å². The Labute approximate surface area is 173 Å². The van der Waals surface area contributed by atoms with Crippen LogP contribution in [0.15, 0.2) is 78.9 Å². The SMILES string of the molecule is Cc1cccc(N2C(=O)[C@H]3[C@@H](c4ccc(F)cc4)N(c4ccccc4)O[C@H]3C2=O)c1. The van der Waals surface area contributed by atoms with E-state index >= 15 is 0 Å². The smallest absolute Gasteiger partial charge is 0.266 e. The summed E-state index contributed by atoms with van der Waals surface area (Å²) in [5, 5.41) is 1.60. The van der Waals surface area contributed by atoms with Crippen LogP contribution in [0.4, 0.5) is 15.8 Å². The first-order valence-electron chi connectivity index (χ1n) is 9.75. The standard InChI is InChI=1S/C24H19FN2O3/c1-15-6-5-9-19(14-15)26-23(28)20-21(16-10-12-17(25)13-11-16)27(30-22(20)24(26)29)18-7-3-2-4-8-18/h2-14,20-22H,1H3/t20-,21+,22+/m0/s1. The van der Waals surface area contributed by atoms with E-state index in [4.69, 9.17) is 4.84 Å². The Morgan fingerprint density at radius 1 is 0.833 bits per heavy atom. The zero-order chi connectivity index (χ0) is 20.8. The lowest BCUT2D eigenvalue weighted by Gasteiger charge is -2.28. The monoisotopic (exact) mass is 402 g/mol. The van der Waals surface area contributed by atoms with Gasteiger partial charge >= 0.3 is 0 Å². The molecular weight excluding hydrogens is 383 g/mol. The molecule has 0 N–H and O–H groups in total. The third kappa shape index (κ3) is 2.88. The Bertz CT molecular complexity index is 1120. The molecule has 0 aliphatic carbocycles. The van der Waals surface area contributed by atoms with Crippen LogP contribution in [0.1, 0.15) is 17.2 Å². The van der Waals surface area contributed by atoms with Crippen molar-refractivity contribution in [1.29, 1.82) is 0 Å². The van der Waals surface area contributed by atoms with Gasteiger partial charge in [-0.15, -0.1) is 0 Å². The average Bonchev–Trinajstić information content (AvgIpc) is 3.26. The topological polar surface area (TPSA) is 49.9 Å². The van der Waals surface area contributed by atoms with E-state index < -0.39 is 18.1 Å². The second-order valence-corrected chi connectivity index (χ2v) is 7.56. The Kier molecular flexibility index (Phi) is 4.37. The van der Waals surface area contributed by atoms with Gasteiger partial charge < -0.3 is 0 Å². The molecule has 0 spiro atoms. The van der Waals surface area contributed by atoms with Gasteiger partial charge in [-0.3, -0.25) is 14.4 Å². The molecule has 3 aromatic rings. The number of hydroxylamine groups is 1. The first-order valence-corrected chi connectivity index (χ1v) is 9.75. The van der Waals surface area contributed by atoms with Gasteiger partial charge in [-0.2, -0.15) is 0 Å². The number of aryl methyl sites for hydroxylation is 1. The lowest BCUT2D eigenvalue weighted by molar-refractivity contribution is -0.126. The van der Waals surface area contributed by atoms with Gasteiger partial charge in [0, 0.05) is 0 Å². The number of nitrogens with zero attached hydrogens (tertiary/aromatic N) is 2. The molecule has 0 radical (unpaired) electrons. The van der Waals surface area contributed by atoms with E-state index in [9.17, 15) is 14.0 Å². The molecule has 6 heteroatoms. The summed E-state index contributed by atoms with van der Waals surface area (Å²) in [7, 11) is 0. The van der Waals surface area contributed by atoms with E-state index in [1.54, 1.807) is 29.3 Å². The first kappa shape index (κ1) is 18.5. The predicted molar refractivity (Wildman–Crippen MR) is 110 cm³/mol. The Balaban J connectivity index is 1.59. The summed E-state index contributed by atoms with van der Waals surface area (Å²) in [6.45, 7) is 1.91. The summed E-state index contributed by atoms with van der Waals surface area (Å²) in [6.07, 6.45) is -0.937. The van der Waals surface area contributed by atoms with Gasteiger partial charge in [0.05, 0.1) is 17.4 Å². The molecule has 0 aromatic heterocycles. The first-order chi connectivity index (χ1) is 14.5. The predicted octanol–water partition coefficient (Wildman–Crippen LogP) is 4.19. The maximum atomic E-state index is 13.5. The molecule has 150 valence electrons. The van der Waals surface area contributed by atoms with Crippen LogP contribution >= 0.6 is 0 Å². The lowest BCUT2D eigenvalue weighted by atomic mass is 9.90. The van der Waals surface area contributed by atoms with Gasteiger partial charge in [0.2, 0.25) is 5.91 Å².